The van der Waals surface area contributed by atoms with Gasteiger partial charge in [-0.05, 0) is 37.8 Å². The minimum atomic E-state index is -4.51. The van der Waals surface area contributed by atoms with Gasteiger partial charge < -0.3 is 10.1 Å². The van der Waals surface area contributed by atoms with Crippen LogP contribution in [0, 0.1) is 12.8 Å². The number of hydrogen-bond donors (Lipinski definition) is 1. The Morgan fingerprint density at radius 1 is 1.28 bits per heavy atom. The Hall–Kier alpha value is -3.17. The lowest BCUT2D eigenvalue weighted by Gasteiger charge is -2.20. The summed E-state index contributed by atoms with van der Waals surface area (Å²) in [5.74, 6) is -1.09. The number of alkyl halides is 3. The molecular formula is C19H18F3N5O2. The van der Waals surface area contributed by atoms with Crippen LogP contribution in [0.3, 0.4) is 0 Å². The van der Waals surface area contributed by atoms with Crippen molar-refractivity contribution >= 4 is 11.6 Å². The molecule has 0 saturated heterocycles. The molecule has 3 aromatic rings. The third-order valence-corrected chi connectivity index (χ3v) is 4.84. The van der Waals surface area contributed by atoms with E-state index in [4.69, 9.17) is 4.74 Å². The Kier molecular flexibility index (Phi) is 4.64. The van der Waals surface area contributed by atoms with E-state index in [1.165, 1.54) is 13.4 Å². The van der Waals surface area contributed by atoms with Crippen molar-refractivity contribution in [3.63, 3.8) is 0 Å². The molecule has 10 heteroatoms. The summed E-state index contributed by atoms with van der Waals surface area (Å²) in [4.78, 5) is 25.4. The summed E-state index contributed by atoms with van der Waals surface area (Å²) in [6.07, 6.45) is -2.25. The Morgan fingerprint density at radius 3 is 2.69 bits per heavy atom. The number of amides is 1. The smallest absolute Gasteiger partial charge is 0.408 e. The first-order valence-corrected chi connectivity index (χ1v) is 9.01. The van der Waals surface area contributed by atoms with Crippen molar-refractivity contribution in [3.05, 3.63) is 42.0 Å². The molecule has 1 atom stereocenters. The third-order valence-electron chi connectivity index (χ3n) is 4.84. The number of aryl methyl sites for hydroxylation is 1. The van der Waals surface area contributed by atoms with E-state index in [-0.39, 0.29) is 11.3 Å². The number of carbonyl (C=O) groups is 1. The fourth-order valence-electron chi connectivity index (χ4n) is 3.19. The van der Waals surface area contributed by atoms with Crippen molar-refractivity contribution in [2.24, 2.45) is 5.92 Å². The quantitative estimate of drug-likeness (QED) is 0.705. The minimum absolute atomic E-state index is 0.159. The fourth-order valence-corrected chi connectivity index (χ4v) is 3.19. The molecule has 0 bridgehead atoms. The molecule has 1 fully saturated rings. The van der Waals surface area contributed by atoms with Crippen LogP contribution in [-0.2, 0) is 0 Å². The predicted molar refractivity (Wildman–Crippen MR) is 97.5 cm³/mol. The first-order valence-electron chi connectivity index (χ1n) is 9.01. The van der Waals surface area contributed by atoms with Gasteiger partial charge in [0.25, 0.3) is 5.91 Å². The van der Waals surface area contributed by atoms with Gasteiger partial charge in [-0.15, -0.1) is 0 Å². The molecule has 152 valence electrons. The molecule has 1 amide bonds. The molecule has 3 heterocycles. The SMILES string of the molecule is COc1cccc(-c2cc(C)n3cnc(C(=O)N[C@@H](C4CC4)C(F)(F)F)c3n2)n1. The van der Waals surface area contributed by atoms with Gasteiger partial charge in [0.2, 0.25) is 5.88 Å². The van der Waals surface area contributed by atoms with E-state index >= 15 is 0 Å². The second-order valence-electron chi connectivity index (χ2n) is 6.96. The Labute approximate surface area is 164 Å². The van der Waals surface area contributed by atoms with Gasteiger partial charge in [0.15, 0.2) is 11.3 Å². The second-order valence-corrected chi connectivity index (χ2v) is 6.96. The number of fused-ring (bicyclic) bond motifs is 1. The van der Waals surface area contributed by atoms with Crippen LogP contribution in [0.5, 0.6) is 5.88 Å². The molecule has 0 radical (unpaired) electrons. The van der Waals surface area contributed by atoms with Crippen LogP contribution in [0.25, 0.3) is 17.0 Å². The lowest BCUT2D eigenvalue weighted by Crippen LogP contribution is -2.47. The van der Waals surface area contributed by atoms with E-state index in [1.54, 1.807) is 35.6 Å². The molecule has 1 aliphatic rings. The number of imidazole rings is 1. The Bertz CT molecular complexity index is 1080. The molecule has 4 rings (SSSR count). The van der Waals surface area contributed by atoms with Gasteiger partial charge in [-0.25, -0.2) is 15.0 Å². The van der Waals surface area contributed by atoms with Crippen LogP contribution >= 0.6 is 0 Å². The van der Waals surface area contributed by atoms with Gasteiger partial charge in [-0.3, -0.25) is 9.20 Å². The third kappa shape index (κ3) is 3.74. The number of methoxy groups -OCH3 is 1. The summed E-state index contributed by atoms with van der Waals surface area (Å²) in [5.41, 5.74) is 1.67. The number of halogens is 3. The van der Waals surface area contributed by atoms with E-state index in [1.807, 2.05) is 0 Å². The van der Waals surface area contributed by atoms with Gasteiger partial charge in [-0.1, -0.05) is 6.07 Å². The number of ether oxygens (including phenoxy) is 1. The molecule has 7 nitrogen and oxygen atoms in total. The van der Waals surface area contributed by atoms with E-state index < -0.39 is 24.0 Å². The molecule has 1 N–H and O–H groups in total. The molecule has 1 aliphatic carbocycles. The molecule has 0 spiro atoms. The van der Waals surface area contributed by atoms with Gasteiger partial charge in [0.05, 0.1) is 18.5 Å². The highest BCUT2D eigenvalue weighted by molar-refractivity contribution is 5.98. The number of nitrogens with one attached hydrogen (secondary N) is 1. The van der Waals surface area contributed by atoms with Gasteiger partial charge >= 0.3 is 6.18 Å². The molecule has 0 aliphatic heterocycles. The highest BCUT2D eigenvalue weighted by atomic mass is 19.4. The van der Waals surface area contributed by atoms with E-state index in [0.29, 0.717) is 35.8 Å². The van der Waals surface area contributed by atoms with Crippen LogP contribution in [-0.4, -0.2) is 44.6 Å². The topological polar surface area (TPSA) is 81.4 Å². The largest absolute Gasteiger partial charge is 0.481 e. The summed E-state index contributed by atoms with van der Waals surface area (Å²) < 4.78 is 46.5. The number of carbonyl (C=O) groups excluding carboxylic acids is 1. The van der Waals surface area contributed by atoms with Crippen molar-refractivity contribution in [2.75, 3.05) is 7.11 Å². The lowest BCUT2D eigenvalue weighted by atomic mass is 10.1. The number of rotatable bonds is 5. The average molecular weight is 405 g/mol. The standard InChI is InChI=1S/C19H18F3N5O2/c1-10-8-13(12-4-3-5-14(24-12)29-2)25-17-15(23-9-27(10)17)18(28)26-16(11-6-7-11)19(20,21)22/h3-5,8-9,11,16H,6-7H2,1-2H3,(H,26,28)/t16-/m0/s1. The second kappa shape index (κ2) is 7.02. The van der Waals surface area contributed by atoms with Crippen molar-refractivity contribution in [1.82, 2.24) is 24.7 Å². The zero-order valence-electron chi connectivity index (χ0n) is 15.7. The first-order chi connectivity index (χ1) is 13.8. The molecule has 0 aromatic carbocycles. The lowest BCUT2D eigenvalue weighted by molar-refractivity contribution is -0.158. The molecule has 0 unspecified atom stereocenters. The molecule has 29 heavy (non-hydrogen) atoms. The summed E-state index contributed by atoms with van der Waals surface area (Å²) >= 11 is 0. The van der Waals surface area contributed by atoms with E-state index in [0.717, 1.165) is 0 Å². The van der Waals surface area contributed by atoms with Crippen LogP contribution in [0.4, 0.5) is 13.2 Å². The molecule has 3 aromatic heterocycles. The van der Waals surface area contributed by atoms with Crippen molar-refractivity contribution < 1.29 is 22.7 Å². The number of nitrogens with zero attached hydrogens (tertiary/aromatic N) is 4. The normalized spacial score (nSPS) is 15.3. The zero-order chi connectivity index (χ0) is 20.8. The number of hydrogen-bond acceptors (Lipinski definition) is 5. The number of pyridine rings is 1. The Morgan fingerprint density at radius 2 is 2.03 bits per heavy atom. The van der Waals surface area contributed by atoms with Crippen molar-refractivity contribution in [3.8, 4) is 17.3 Å². The maximum absolute atomic E-state index is 13.3. The van der Waals surface area contributed by atoms with Gasteiger partial charge in [-0.2, -0.15) is 13.2 Å². The highest BCUT2D eigenvalue weighted by Crippen LogP contribution is 2.40. The average Bonchev–Trinajstić information content (AvgIpc) is 3.42. The summed E-state index contributed by atoms with van der Waals surface area (Å²) in [6, 6.07) is 5.03. The minimum Gasteiger partial charge on any atom is -0.481 e. The van der Waals surface area contributed by atoms with E-state index in [2.05, 4.69) is 20.3 Å². The van der Waals surface area contributed by atoms with Crippen molar-refractivity contribution in [2.45, 2.75) is 32.0 Å². The van der Waals surface area contributed by atoms with Crippen LogP contribution in [0.1, 0.15) is 29.0 Å². The van der Waals surface area contributed by atoms with Gasteiger partial charge in [0, 0.05) is 11.8 Å². The fraction of sp³-hybridized carbons (Fsp3) is 0.368. The Balaban J connectivity index is 1.72. The van der Waals surface area contributed by atoms with E-state index in [9.17, 15) is 18.0 Å². The van der Waals surface area contributed by atoms with Crippen LogP contribution in [0.15, 0.2) is 30.6 Å². The number of aromatic nitrogens is 4. The highest BCUT2D eigenvalue weighted by Gasteiger charge is 2.50. The van der Waals surface area contributed by atoms with Crippen molar-refractivity contribution in [1.29, 1.82) is 0 Å². The van der Waals surface area contributed by atoms with Crippen LogP contribution in [0.2, 0.25) is 0 Å². The maximum atomic E-state index is 13.3. The summed E-state index contributed by atoms with van der Waals surface area (Å²) in [6.45, 7) is 1.78. The monoisotopic (exact) mass is 405 g/mol. The molecule has 1 saturated carbocycles. The maximum Gasteiger partial charge on any atom is 0.408 e. The zero-order valence-corrected chi connectivity index (χ0v) is 15.7. The van der Waals surface area contributed by atoms with Gasteiger partial charge in [0.1, 0.15) is 12.4 Å². The summed E-state index contributed by atoms with van der Waals surface area (Å²) in [5, 5.41) is 2.09. The molecular weight excluding hydrogens is 387 g/mol. The van der Waals surface area contributed by atoms with Crippen LogP contribution < -0.4 is 10.1 Å². The predicted octanol–water partition coefficient (Wildman–Crippen LogP) is 3.18. The first kappa shape index (κ1) is 19.2. The summed E-state index contributed by atoms with van der Waals surface area (Å²) in [7, 11) is 1.49.